The highest BCUT2D eigenvalue weighted by molar-refractivity contribution is 7.91. The number of ether oxygens (including phenoxy) is 1. The molecule has 1 aliphatic rings. The number of carbonyl (C=O) groups excluding carboxylic acids is 1. The Morgan fingerprint density at radius 2 is 2.14 bits per heavy atom. The molecule has 2 N–H and O–H groups in total. The van der Waals surface area contributed by atoms with Crippen LogP contribution in [0.2, 0.25) is 0 Å². The number of carbonyl (C=O) groups is 1. The first kappa shape index (κ1) is 16.7. The van der Waals surface area contributed by atoms with Gasteiger partial charge in [-0.25, -0.2) is 8.42 Å². The number of rotatable bonds is 4. The van der Waals surface area contributed by atoms with E-state index in [4.69, 9.17) is 17.0 Å². The number of sulfone groups is 1. The van der Waals surface area contributed by atoms with Gasteiger partial charge in [-0.2, -0.15) is 0 Å². The van der Waals surface area contributed by atoms with Crippen LogP contribution in [0.1, 0.15) is 23.7 Å². The summed E-state index contributed by atoms with van der Waals surface area (Å²) in [6.45, 7) is 2.29. The van der Waals surface area contributed by atoms with Gasteiger partial charge in [-0.15, -0.1) is 0 Å². The fourth-order valence-corrected chi connectivity index (χ4v) is 4.17. The van der Waals surface area contributed by atoms with Crippen molar-refractivity contribution in [3.8, 4) is 5.75 Å². The Balaban J connectivity index is 1.96. The molecule has 0 saturated carbocycles. The number of thiocarbonyl (C=S) groups is 1. The van der Waals surface area contributed by atoms with Gasteiger partial charge in [0.05, 0.1) is 23.7 Å². The highest BCUT2D eigenvalue weighted by Crippen LogP contribution is 2.17. The van der Waals surface area contributed by atoms with Gasteiger partial charge in [0.2, 0.25) is 0 Å². The summed E-state index contributed by atoms with van der Waals surface area (Å²) in [6, 6.07) is 6.61. The summed E-state index contributed by atoms with van der Waals surface area (Å²) >= 11 is 5.07. The van der Waals surface area contributed by atoms with E-state index in [1.165, 1.54) is 0 Å². The van der Waals surface area contributed by atoms with E-state index < -0.39 is 9.84 Å². The first-order valence-electron chi connectivity index (χ1n) is 6.95. The van der Waals surface area contributed by atoms with Crippen molar-refractivity contribution in [2.24, 2.45) is 0 Å². The summed E-state index contributed by atoms with van der Waals surface area (Å²) in [4.78, 5) is 12.2. The van der Waals surface area contributed by atoms with Gasteiger partial charge in [-0.05, 0) is 37.7 Å². The monoisotopic (exact) mass is 342 g/mol. The lowest BCUT2D eigenvalue weighted by Gasteiger charge is -2.15. The Morgan fingerprint density at radius 1 is 1.41 bits per heavy atom. The molecule has 120 valence electrons. The van der Waals surface area contributed by atoms with Crippen LogP contribution in [0, 0.1) is 0 Å². The zero-order valence-corrected chi connectivity index (χ0v) is 13.8. The second kappa shape index (κ2) is 7.06. The second-order valence-corrected chi connectivity index (χ2v) is 7.59. The zero-order valence-electron chi connectivity index (χ0n) is 12.2. The summed E-state index contributed by atoms with van der Waals surface area (Å²) in [5.41, 5.74) is 0.382. The molecule has 0 spiro atoms. The molecule has 1 aromatic rings. The van der Waals surface area contributed by atoms with Crippen molar-refractivity contribution < 1.29 is 17.9 Å². The molecule has 0 radical (unpaired) electrons. The number of benzene rings is 1. The number of nitrogens with one attached hydrogen (secondary N) is 2. The number of hydrogen-bond donors (Lipinski definition) is 2. The molecule has 2 rings (SSSR count). The minimum atomic E-state index is -2.99. The Labute approximate surface area is 135 Å². The first-order valence-corrected chi connectivity index (χ1v) is 9.18. The highest BCUT2D eigenvalue weighted by atomic mass is 32.2. The Morgan fingerprint density at radius 3 is 2.77 bits per heavy atom. The molecule has 0 aliphatic carbocycles. The Bertz CT molecular complexity index is 673. The summed E-state index contributed by atoms with van der Waals surface area (Å²) in [7, 11) is -2.99. The lowest BCUT2D eigenvalue weighted by Crippen LogP contribution is -2.44. The van der Waals surface area contributed by atoms with Gasteiger partial charge in [-0.3, -0.25) is 10.1 Å². The van der Waals surface area contributed by atoms with Crippen molar-refractivity contribution in [3.63, 3.8) is 0 Å². The summed E-state index contributed by atoms with van der Waals surface area (Å²) in [6.07, 6.45) is 0.494. The summed E-state index contributed by atoms with van der Waals surface area (Å²) < 4.78 is 28.2. The topological polar surface area (TPSA) is 84.5 Å². The van der Waals surface area contributed by atoms with Crippen molar-refractivity contribution in [2.75, 3.05) is 18.1 Å². The van der Waals surface area contributed by atoms with Crippen LogP contribution in [0.4, 0.5) is 0 Å². The van der Waals surface area contributed by atoms with Gasteiger partial charge in [0, 0.05) is 6.04 Å². The molecule has 1 atom stereocenters. The average Bonchev–Trinajstić information content (AvgIpc) is 2.78. The molecule has 1 unspecified atom stereocenters. The van der Waals surface area contributed by atoms with E-state index in [0.717, 1.165) is 0 Å². The van der Waals surface area contributed by atoms with Crippen LogP contribution in [0.25, 0.3) is 0 Å². The van der Waals surface area contributed by atoms with Crippen LogP contribution in [0.15, 0.2) is 24.3 Å². The van der Waals surface area contributed by atoms with Crippen LogP contribution in [-0.2, 0) is 9.84 Å². The van der Waals surface area contributed by atoms with Crippen molar-refractivity contribution in [1.29, 1.82) is 0 Å². The molecule has 1 fully saturated rings. The molecular formula is C14H18N2O4S2. The molecule has 0 aromatic heterocycles. The summed E-state index contributed by atoms with van der Waals surface area (Å²) in [5.74, 6) is 0.281. The van der Waals surface area contributed by atoms with E-state index >= 15 is 0 Å². The molecule has 1 aliphatic heterocycles. The van der Waals surface area contributed by atoms with Crippen molar-refractivity contribution in [2.45, 2.75) is 19.4 Å². The van der Waals surface area contributed by atoms with E-state index in [-0.39, 0.29) is 28.6 Å². The van der Waals surface area contributed by atoms with Gasteiger partial charge >= 0.3 is 0 Å². The molecule has 0 bridgehead atoms. The fourth-order valence-electron chi connectivity index (χ4n) is 2.24. The molecular weight excluding hydrogens is 324 g/mol. The van der Waals surface area contributed by atoms with Crippen LogP contribution < -0.4 is 15.4 Å². The third kappa shape index (κ3) is 4.41. The Hall–Kier alpha value is -1.67. The van der Waals surface area contributed by atoms with Crippen LogP contribution in [0.5, 0.6) is 5.75 Å². The van der Waals surface area contributed by atoms with Crippen molar-refractivity contribution >= 4 is 33.1 Å². The third-order valence-electron chi connectivity index (χ3n) is 3.23. The Kier molecular flexibility index (Phi) is 5.36. The maximum absolute atomic E-state index is 12.2. The van der Waals surface area contributed by atoms with Gasteiger partial charge < -0.3 is 10.1 Å². The minimum Gasteiger partial charge on any atom is -0.493 e. The van der Waals surface area contributed by atoms with Crippen LogP contribution >= 0.6 is 12.2 Å². The normalized spacial score (nSPS) is 19.4. The smallest absolute Gasteiger partial charge is 0.261 e. The predicted octanol–water partition coefficient (Wildman–Crippen LogP) is 0.877. The fraction of sp³-hybridized carbons (Fsp3) is 0.429. The highest BCUT2D eigenvalue weighted by Gasteiger charge is 2.28. The SMILES string of the molecule is CCOc1ccccc1C(=O)NC(=S)NC1CCS(=O)(=O)C1. The number of hydrogen-bond acceptors (Lipinski definition) is 5. The van der Waals surface area contributed by atoms with E-state index in [1.54, 1.807) is 24.3 Å². The second-order valence-electron chi connectivity index (χ2n) is 4.96. The van der Waals surface area contributed by atoms with E-state index in [0.29, 0.717) is 24.3 Å². The van der Waals surface area contributed by atoms with Crippen molar-refractivity contribution in [1.82, 2.24) is 10.6 Å². The molecule has 6 nitrogen and oxygen atoms in total. The molecule has 1 aromatic carbocycles. The van der Waals surface area contributed by atoms with Gasteiger partial charge in [-0.1, -0.05) is 12.1 Å². The molecule has 1 saturated heterocycles. The molecule has 1 heterocycles. The van der Waals surface area contributed by atoms with E-state index in [9.17, 15) is 13.2 Å². The largest absolute Gasteiger partial charge is 0.493 e. The van der Waals surface area contributed by atoms with Crippen molar-refractivity contribution in [3.05, 3.63) is 29.8 Å². The minimum absolute atomic E-state index is 0.0402. The van der Waals surface area contributed by atoms with Gasteiger partial charge in [0.1, 0.15) is 5.75 Å². The van der Waals surface area contributed by atoms with E-state index in [1.807, 2.05) is 6.92 Å². The number of amides is 1. The molecule has 22 heavy (non-hydrogen) atoms. The lowest BCUT2D eigenvalue weighted by atomic mass is 10.2. The van der Waals surface area contributed by atoms with Gasteiger partial charge in [0.15, 0.2) is 14.9 Å². The maximum Gasteiger partial charge on any atom is 0.261 e. The van der Waals surface area contributed by atoms with E-state index in [2.05, 4.69) is 10.6 Å². The maximum atomic E-state index is 12.2. The predicted molar refractivity (Wildman–Crippen MR) is 87.9 cm³/mol. The third-order valence-corrected chi connectivity index (χ3v) is 5.21. The quantitative estimate of drug-likeness (QED) is 0.790. The molecule has 8 heteroatoms. The van der Waals surface area contributed by atoms with Crippen LogP contribution in [-0.4, -0.2) is 43.6 Å². The lowest BCUT2D eigenvalue weighted by molar-refractivity contribution is 0.0973. The average molecular weight is 342 g/mol. The molecule has 1 amide bonds. The van der Waals surface area contributed by atoms with Crippen LogP contribution in [0.3, 0.4) is 0 Å². The van der Waals surface area contributed by atoms with Gasteiger partial charge in [0.25, 0.3) is 5.91 Å². The number of para-hydroxylation sites is 1. The first-order chi connectivity index (χ1) is 10.4. The standard InChI is InChI=1S/C14H18N2O4S2/c1-2-20-12-6-4-3-5-11(12)13(17)16-14(21)15-10-7-8-22(18,19)9-10/h3-6,10H,2,7-9H2,1H3,(H2,15,16,17,21). The summed E-state index contributed by atoms with van der Waals surface area (Å²) in [5, 5.41) is 5.55. The zero-order chi connectivity index (χ0) is 16.2.